The van der Waals surface area contributed by atoms with Crippen LogP contribution in [0.15, 0.2) is 170 Å². The van der Waals surface area contributed by atoms with E-state index in [2.05, 4.69) is 191 Å². The smallest absolute Gasteiger partial charge is 0.306 e. The van der Waals surface area contributed by atoms with Gasteiger partial charge in [0.1, 0.15) is 13.2 Å². The maximum absolute atomic E-state index is 12.9. The average molecular weight is 1030 g/mol. The van der Waals surface area contributed by atoms with E-state index in [1.807, 2.05) is 0 Å². The molecule has 0 rings (SSSR count). The maximum Gasteiger partial charge on any atom is 0.306 e. The molecule has 0 aromatic carbocycles. The summed E-state index contributed by atoms with van der Waals surface area (Å²) in [7, 11) is 0. The quantitative estimate of drug-likeness (QED) is 0.0261. The molecule has 0 saturated carbocycles. The summed E-state index contributed by atoms with van der Waals surface area (Å²) in [5, 5.41) is 0. The van der Waals surface area contributed by atoms with Crippen molar-refractivity contribution in [2.45, 2.75) is 232 Å². The van der Waals surface area contributed by atoms with E-state index >= 15 is 0 Å². The molecule has 0 heterocycles. The van der Waals surface area contributed by atoms with E-state index in [4.69, 9.17) is 14.2 Å². The highest BCUT2D eigenvalue weighted by molar-refractivity contribution is 5.71. The van der Waals surface area contributed by atoms with Crippen LogP contribution in [0.4, 0.5) is 0 Å². The number of carbonyl (C=O) groups excluding carboxylic acids is 3. The van der Waals surface area contributed by atoms with E-state index < -0.39 is 6.10 Å². The Bertz CT molecular complexity index is 1750. The third-order valence-electron chi connectivity index (χ3n) is 11.7. The fourth-order valence-electron chi connectivity index (χ4n) is 7.30. The molecule has 0 aliphatic carbocycles. The number of hydrogen-bond donors (Lipinski definition) is 0. The van der Waals surface area contributed by atoms with Crippen LogP contribution in [0, 0.1) is 0 Å². The second kappa shape index (κ2) is 61.3. The molecule has 0 radical (unpaired) electrons. The van der Waals surface area contributed by atoms with E-state index in [1.165, 1.54) is 25.7 Å². The Morgan fingerprint density at radius 1 is 0.280 bits per heavy atom. The molecule has 6 heteroatoms. The molecule has 0 amide bonds. The van der Waals surface area contributed by atoms with Crippen LogP contribution in [0.1, 0.15) is 226 Å². The van der Waals surface area contributed by atoms with Crippen molar-refractivity contribution >= 4 is 17.9 Å². The van der Waals surface area contributed by atoms with Crippen LogP contribution in [0.3, 0.4) is 0 Å². The van der Waals surface area contributed by atoms with Crippen molar-refractivity contribution in [1.82, 2.24) is 0 Å². The highest BCUT2D eigenvalue weighted by Crippen LogP contribution is 2.12. The molecule has 0 bridgehead atoms. The van der Waals surface area contributed by atoms with E-state index in [0.717, 1.165) is 148 Å². The van der Waals surface area contributed by atoms with Crippen LogP contribution in [-0.4, -0.2) is 37.2 Å². The summed E-state index contributed by atoms with van der Waals surface area (Å²) >= 11 is 0. The van der Waals surface area contributed by atoms with Crippen molar-refractivity contribution in [3.63, 3.8) is 0 Å². The number of ether oxygens (including phenoxy) is 3. The maximum atomic E-state index is 12.9. The van der Waals surface area contributed by atoms with Crippen molar-refractivity contribution in [3.8, 4) is 0 Å². The minimum absolute atomic E-state index is 0.126. The predicted octanol–water partition coefficient (Wildman–Crippen LogP) is 20.3. The highest BCUT2D eigenvalue weighted by Gasteiger charge is 2.19. The molecule has 1 atom stereocenters. The second-order valence-corrected chi connectivity index (χ2v) is 18.8. The third-order valence-corrected chi connectivity index (χ3v) is 11.7. The Balaban J connectivity index is 4.61. The van der Waals surface area contributed by atoms with Gasteiger partial charge in [-0.25, -0.2) is 0 Å². The lowest BCUT2D eigenvalue weighted by atomic mass is 10.1. The SMILES string of the molecule is CC/C=C\C/C=C\C/C=C\C/C=C\C/C=C\C/C=C\CCCCC(=O)OCC(COC(=O)CCCCCCC/C=C\C/C=C\CCCCC)OC(=O)CCCC/C=C\C/C=C\C/C=C\C/C=C\C/C=C\C/C=C\CC. The number of rotatable bonds is 51. The van der Waals surface area contributed by atoms with E-state index in [9.17, 15) is 14.4 Å². The van der Waals surface area contributed by atoms with Gasteiger partial charge in [0.05, 0.1) is 0 Å². The average Bonchev–Trinajstić information content (AvgIpc) is 3.41. The largest absolute Gasteiger partial charge is 0.462 e. The number of esters is 3. The first kappa shape index (κ1) is 69.8. The molecule has 0 aromatic heterocycles. The van der Waals surface area contributed by atoms with E-state index in [-0.39, 0.29) is 44.0 Å². The van der Waals surface area contributed by atoms with Crippen LogP contribution in [-0.2, 0) is 28.6 Å². The van der Waals surface area contributed by atoms with Gasteiger partial charge in [0, 0.05) is 19.3 Å². The van der Waals surface area contributed by atoms with Crippen LogP contribution >= 0.6 is 0 Å². The normalized spacial score (nSPS) is 13.4. The lowest BCUT2D eigenvalue weighted by Crippen LogP contribution is -2.30. The lowest BCUT2D eigenvalue weighted by molar-refractivity contribution is -0.167. The lowest BCUT2D eigenvalue weighted by Gasteiger charge is -2.18. The first-order valence-electron chi connectivity index (χ1n) is 29.6. The molecule has 6 nitrogen and oxygen atoms in total. The Morgan fingerprint density at radius 3 is 0.840 bits per heavy atom. The fraction of sp³-hybridized carbons (Fsp3) is 0.551. The van der Waals surface area contributed by atoms with Gasteiger partial charge in [0.25, 0.3) is 0 Å². The van der Waals surface area contributed by atoms with Gasteiger partial charge in [-0.1, -0.05) is 223 Å². The summed E-state index contributed by atoms with van der Waals surface area (Å²) in [4.78, 5) is 38.2. The minimum Gasteiger partial charge on any atom is -0.462 e. The Labute approximate surface area is 460 Å². The molecule has 0 aromatic rings. The molecule has 0 spiro atoms. The molecule has 0 aliphatic heterocycles. The molecule has 0 saturated heterocycles. The van der Waals surface area contributed by atoms with Crippen LogP contribution < -0.4 is 0 Å². The zero-order valence-electron chi connectivity index (χ0n) is 47.7. The third kappa shape index (κ3) is 59.5. The summed E-state index contributed by atoms with van der Waals surface area (Å²) < 4.78 is 16.8. The molecule has 1 unspecified atom stereocenters. The fourth-order valence-corrected chi connectivity index (χ4v) is 7.30. The number of hydrogen-bond acceptors (Lipinski definition) is 6. The zero-order chi connectivity index (χ0) is 54.3. The first-order valence-corrected chi connectivity index (χ1v) is 29.6. The van der Waals surface area contributed by atoms with E-state index in [1.54, 1.807) is 0 Å². The van der Waals surface area contributed by atoms with E-state index in [0.29, 0.717) is 19.3 Å². The summed E-state index contributed by atoms with van der Waals surface area (Å²) in [6.07, 6.45) is 90.6. The zero-order valence-corrected chi connectivity index (χ0v) is 47.7. The Hall–Kier alpha value is -5.23. The van der Waals surface area contributed by atoms with Crippen molar-refractivity contribution in [2.75, 3.05) is 13.2 Å². The summed E-state index contributed by atoms with van der Waals surface area (Å²) in [5.74, 6) is -1.04. The Morgan fingerprint density at radius 2 is 0.520 bits per heavy atom. The summed E-state index contributed by atoms with van der Waals surface area (Å²) in [5.41, 5.74) is 0. The predicted molar refractivity (Wildman–Crippen MR) is 325 cm³/mol. The number of carbonyl (C=O) groups is 3. The molecule has 418 valence electrons. The highest BCUT2D eigenvalue weighted by atomic mass is 16.6. The van der Waals surface area contributed by atoms with Gasteiger partial charge in [-0.05, 0) is 154 Å². The minimum atomic E-state index is -0.836. The molecule has 0 N–H and O–H groups in total. The van der Waals surface area contributed by atoms with Crippen molar-refractivity contribution in [2.24, 2.45) is 0 Å². The van der Waals surface area contributed by atoms with Gasteiger partial charge < -0.3 is 14.2 Å². The summed E-state index contributed by atoms with van der Waals surface area (Å²) in [6, 6.07) is 0. The van der Waals surface area contributed by atoms with Crippen LogP contribution in [0.25, 0.3) is 0 Å². The monoisotopic (exact) mass is 1030 g/mol. The molecular formula is C69H106O6. The van der Waals surface area contributed by atoms with Gasteiger partial charge in [-0.15, -0.1) is 0 Å². The van der Waals surface area contributed by atoms with Gasteiger partial charge in [0.15, 0.2) is 6.10 Å². The number of unbranched alkanes of at least 4 members (excludes halogenated alkanes) is 12. The van der Waals surface area contributed by atoms with Gasteiger partial charge in [-0.3, -0.25) is 14.4 Å². The topological polar surface area (TPSA) is 78.9 Å². The molecule has 75 heavy (non-hydrogen) atoms. The molecule has 0 aliphatic rings. The Kier molecular flexibility index (Phi) is 57.0. The van der Waals surface area contributed by atoms with Crippen molar-refractivity contribution < 1.29 is 28.6 Å². The first-order chi connectivity index (χ1) is 37.0. The van der Waals surface area contributed by atoms with Crippen molar-refractivity contribution in [3.05, 3.63) is 170 Å². The number of allylic oxidation sites excluding steroid dienone is 28. The van der Waals surface area contributed by atoms with Gasteiger partial charge in [-0.2, -0.15) is 0 Å². The molecule has 0 fully saturated rings. The standard InChI is InChI=1S/C69H106O6/c1-4-7-10-13-16-19-22-25-28-30-32-34-36-38-41-44-47-50-53-56-59-62-68(71)74-65-66(64-73-67(70)61-58-55-52-49-46-43-40-27-24-21-18-15-12-9-6-3)75-69(72)63-60-57-54-51-48-45-42-39-37-35-33-31-29-26-23-20-17-14-11-8-5-2/h7-8,10-11,16-21,25-29,32-35,38-42,47-48,50-51,66H,4-6,9,12-15,22-24,30-31,36-37,43-46,49,52-65H2,1-3H3/b10-7-,11-8-,19-16-,20-17-,21-18-,28-25-,29-26-,34-32-,35-33-,40-27-,41-38-,42-39-,50-47-,51-48-. The summed E-state index contributed by atoms with van der Waals surface area (Å²) in [6.45, 7) is 6.28. The second-order valence-electron chi connectivity index (χ2n) is 18.8. The molecular weight excluding hydrogens is 925 g/mol. The van der Waals surface area contributed by atoms with Gasteiger partial charge >= 0.3 is 17.9 Å². The van der Waals surface area contributed by atoms with Crippen LogP contribution in [0.5, 0.6) is 0 Å². The van der Waals surface area contributed by atoms with Crippen molar-refractivity contribution in [1.29, 1.82) is 0 Å². The van der Waals surface area contributed by atoms with Gasteiger partial charge in [0.2, 0.25) is 0 Å². The van der Waals surface area contributed by atoms with Crippen LogP contribution in [0.2, 0.25) is 0 Å².